The molecule has 6 nitrogen and oxygen atoms in total. The summed E-state index contributed by atoms with van der Waals surface area (Å²) in [4.78, 5) is 13.9. The van der Waals surface area contributed by atoms with Crippen molar-refractivity contribution in [3.8, 4) is 0 Å². The van der Waals surface area contributed by atoms with Gasteiger partial charge >= 0.3 is 0 Å². The summed E-state index contributed by atoms with van der Waals surface area (Å²) in [5.41, 5.74) is 5.51. The van der Waals surface area contributed by atoms with E-state index in [0.29, 0.717) is 11.7 Å². The van der Waals surface area contributed by atoms with Gasteiger partial charge in [0, 0.05) is 33.0 Å². The topological polar surface area (TPSA) is 73.4 Å². The van der Waals surface area contributed by atoms with Gasteiger partial charge in [-0.2, -0.15) is 5.10 Å². The molecule has 0 bridgehead atoms. The molecule has 2 N–H and O–H groups in total. The molecule has 1 aromatic rings. The van der Waals surface area contributed by atoms with Crippen LogP contribution in [0.15, 0.2) is 12.3 Å². The zero-order valence-electron chi connectivity index (χ0n) is 10.7. The molecule has 0 radical (unpaired) electrons. The van der Waals surface area contributed by atoms with Crippen molar-refractivity contribution in [3.05, 3.63) is 12.3 Å². The fraction of sp³-hybridized carbons (Fsp3) is 0.667. The molecule has 1 fully saturated rings. The number of methoxy groups -OCH3 is 1. The van der Waals surface area contributed by atoms with Gasteiger partial charge in [0.2, 0.25) is 5.91 Å². The van der Waals surface area contributed by atoms with Crippen LogP contribution in [0, 0.1) is 5.92 Å². The first-order valence-corrected chi connectivity index (χ1v) is 6.24. The summed E-state index contributed by atoms with van der Waals surface area (Å²) < 4.78 is 6.73. The van der Waals surface area contributed by atoms with Crippen molar-refractivity contribution in [3.63, 3.8) is 0 Å². The number of carbonyl (C=O) groups excluding carboxylic acids is 1. The Balaban J connectivity index is 1.80. The average molecular weight is 252 g/mol. The predicted octanol–water partition coefficient (Wildman–Crippen LogP) is 0.350. The van der Waals surface area contributed by atoms with Crippen molar-refractivity contribution in [2.75, 3.05) is 32.5 Å². The summed E-state index contributed by atoms with van der Waals surface area (Å²) in [5, 5.41) is 4.02. The predicted molar refractivity (Wildman–Crippen MR) is 67.8 cm³/mol. The van der Waals surface area contributed by atoms with Gasteiger partial charge in [-0.25, -0.2) is 0 Å². The number of carbonyl (C=O) groups is 1. The number of aromatic nitrogens is 2. The lowest BCUT2D eigenvalue weighted by Crippen LogP contribution is -2.41. The van der Waals surface area contributed by atoms with Crippen LogP contribution in [0.1, 0.15) is 12.8 Å². The largest absolute Gasteiger partial charge is 0.384 e. The number of amides is 1. The van der Waals surface area contributed by atoms with Crippen molar-refractivity contribution < 1.29 is 9.53 Å². The van der Waals surface area contributed by atoms with Gasteiger partial charge in [0.05, 0.1) is 0 Å². The maximum Gasteiger partial charge on any atom is 0.244 e. The van der Waals surface area contributed by atoms with E-state index >= 15 is 0 Å². The minimum atomic E-state index is 0.106. The number of hydrogen-bond donors (Lipinski definition) is 1. The summed E-state index contributed by atoms with van der Waals surface area (Å²) in [6, 6.07) is 1.69. The molecule has 6 heteroatoms. The highest BCUT2D eigenvalue weighted by atomic mass is 16.5. The molecular weight excluding hydrogens is 232 g/mol. The Labute approximate surface area is 107 Å². The fourth-order valence-electron chi connectivity index (χ4n) is 2.29. The van der Waals surface area contributed by atoms with E-state index in [4.69, 9.17) is 10.5 Å². The summed E-state index contributed by atoms with van der Waals surface area (Å²) in [7, 11) is 1.72. The van der Waals surface area contributed by atoms with Crippen LogP contribution in [-0.4, -0.2) is 47.4 Å². The van der Waals surface area contributed by atoms with E-state index in [-0.39, 0.29) is 12.5 Å². The lowest BCUT2D eigenvalue weighted by molar-refractivity contribution is -0.133. The molecular formula is C12H20N4O2. The van der Waals surface area contributed by atoms with Crippen molar-refractivity contribution in [1.82, 2.24) is 14.7 Å². The highest BCUT2D eigenvalue weighted by Crippen LogP contribution is 2.17. The molecule has 0 aromatic carbocycles. The van der Waals surface area contributed by atoms with Crippen molar-refractivity contribution in [1.29, 1.82) is 0 Å². The number of hydrogen-bond acceptors (Lipinski definition) is 4. The smallest absolute Gasteiger partial charge is 0.244 e. The molecule has 0 aliphatic carbocycles. The summed E-state index contributed by atoms with van der Waals surface area (Å²) in [6.45, 7) is 2.68. The van der Waals surface area contributed by atoms with E-state index in [1.54, 1.807) is 24.1 Å². The molecule has 1 aromatic heterocycles. The molecule has 1 saturated heterocycles. The fourth-order valence-corrected chi connectivity index (χ4v) is 2.29. The van der Waals surface area contributed by atoms with Gasteiger partial charge in [-0.15, -0.1) is 0 Å². The third-order valence-corrected chi connectivity index (χ3v) is 3.33. The Morgan fingerprint density at radius 3 is 2.83 bits per heavy atom. The van der Waals surface area contributed by atoms with Crippen LogP contribution >= 0.6 is 0 Å². The Hall–Kier alpha value is -1.56. The molecule has 1 aliphatic heterocycles. The van der Waals surface area contributed by atoms with E-state index in [1.165, 1.54) is 0 Å². The van der Waals surface area contributed by atoms with E-state index in [1.807, 2.05) is 4.90 Å². The van der Waals surface area contributed by atoms with Gasteiger partial charge in [-0.05, 0) is 24.8 Å². The van der Waals surface area contributed by atoms with Gasteiger partial charge < -0.3 is 15.4 Å². The van der Waals surface area contributed by atoms with Crippen molar-refractivity contribution in [2.45, 2.75) is 19.4 Å². The van der Waals surface area contributed by atoms with E-state index < -0.39 is 0 Å². The van der Waals surface area contributed by atoms with Crippen LogP contribution in [0.3, 0.4) is 0 Å². The van der Waals surface area contributed by atoms with E-state index in [0.717, 1.165) is 32.5 Å². The average Bonchev–Trinajstić information content (AvgIpc) is 2.76. The molecule has 0 saturated carbocycles. The molecule has 1 aliphatic rings. The number of nitrogens with zero attached hydrogens (tertiary/aromatic N) is 3. The molecule has 1 amide bonds. The molecule has 18 heavy (non-hydrogen) atoms. The number of nitrogen functional groups attached to an aromatic ring is 1. The van der Waals surface area contributed by atoms with Crippen LogP contribution in [0.4, 0.5) is 5.82 Å². The lowest BCUT2D eigenvalue weighted by atomic mass is 9.98. The first kappa shape index (κ1) is 12.9. The Kier molecular flexibility index (Phi) is 4.19. The number of anilines is 1. The van der Waals surface area contributed by atoms with Crippen LogP contribution in [0.5, 0.6) is 0 Å². The van der Waals surface area contributed by atoms with Crippen LogP contribution < -0.4 is 5.73 Å². The van der Waals surface area contributed by atoms with Gasteiger partial charge in [0.25, 0.3) is 0 Å². The second-order valence-corrected chi connectivity index (χ2v) is 4.72. The molecule has 0 spiro atoms. The molecule has 0 unspecified atom stereocenters. The maximum absolute atomic E-state index is 12.0. The number of ether oxygens (including phenoxy) is 1. The van der Waals surface area contributed by atoms with E-state index in [9.17, 15) is 4.79 Å². The first-order valence-electron chi connectivity index (χ1n) is 6.24. The Morgan fingerprint density at radius 2 is 2.28 bits per heavy atom. The highest BCUT2D eigenvalue weighted by molar-refractivity contribution is 5.76. The van der Waals surface area contributed by atoms with Gasteiger partial charge in [0.15, 0.2) is 0 Å². The highest BCUT2D eigenvalue weighted by Gasteiger charge is 2.22. The van der Waals surface area contributed by atoms with Crippen molar-refractivity contribution in [2.24, 2.45) is 5.92 Å². The summed E-state index contributed by atoms with van der Waals surface area (Å²) >= 11 is 0. The number of nitrogens with two attached hydrogens (primary N) is 1. The second-order valence-electron chi connectivity index (χ2n) is 4.72. The monoisotopic (exact) mass is 252 g/mol. The normalized spacial score (nSPS) is 17.1. The molecule has 2 rings (SSSR count). The third-order valence-electron chi connectivity index (χ3n) is 3.33. The number of piperidine rings is 1. The molecule has 0 atom stereocenters. The lowest BCUT2D eigenvalue weighted by Gasteiger charge is -2.31. The SMILES string of the molecule is COCC1CCN(C(=O)Cn2ccc(N)n2)CC1. The standard InChI is InChI=1S/C12H20N4O2/c1-18-9-10-2-5-15(6-3-10)12(17)8-16-7-4-11(13)14-16/h4,7,10H,2-3,5-6,8-9H2,1H3,(H2,13,14). The summed E-state index contributed by atoms with van der Waals surface area (Å²) in [6.07, 6.45) is 3.76. The number of likely N-dealkylation sites (tertiary alicyclic amines) is 1. The van der Waals surface area contributed by atoms with Crippen LogP contribution in [0.2, 0.25) is 0 Å². The minimum absolute atomic E-state index is 0.106. The number of rotatable bonds is 4. The van der Waals surface area contributed by atoms with E-state index in [2.05, 4.69) is 5.10 Å². The zero-order valence-corrected chi connectivity index (χ0v) is 10.7. The first-order chi connectivity index (χ1) is 8.69. The van der Waals surface area contributed by atoms with Crippen molar-refractivity contribution >= 4 is 11.7 Å². The molecule has 2 heterocycles. The van der Waals surface area contributed by atoms with Gasteiger partial charge in [-0.3, -0.25) is 9.48 Å². The third kappa shape index (κ3) is 3.22. The minimum Gasteiger partial charge on any atom is -0.384 e. The zero-order chi connectivity index (χ0) is 13.0. The maximum atomic E-state index is 12.0. The second kappa shape index (κ2) is 5.86. The van der Waals surface area contributed by atoms with Gasteiger partial charge in [-0.1, -0.05) is 0 Å². The van der Waals surface area contributed by atoms with Gasteiger partial charge in [0.1, 0.15) is 12.4 Å². The Morgan fingerprint density at radius 1 is 1.56 bits per heavy atom. The van der Waals surface area contributed by atoms with Crippen LogP contribution in [-0.2, 0) is 16.1 Å². The van der Waals surface area contributed by atoms with Crippen LogP contribution in [0.25, 0.3) is 0 Å². The Bertz CT molecular complexity index is 397. The molecule has 100 valence electrons. The quantitative estimate of drug-likeness (QED) is 0.839. The summed E-state index contributed by atoms with van der Waals surface area (Å²) in [5.74, 6) is 1.13.